The van der Waals surface area contributed by atoms with Crippen LogP contribution in [0.3, 0.4) is 0 Å². The Balaban J connectivity index is 1.85. The van der Waals surface area contributed by atoms with Crippen LogP contribution < -0.4 is 0 Å². The summed E-state index contributed by atoms with van der Waals surface area (Å²) in [6, 6.07) is 2.07. The van der Waals surface area contributed by atoms with Crippen LogP contribution in [-0.4, -0.2) is 0 Å². The van der Waals surface area contributed by atoms with E-state index in [4.69, 9.17) is 4.42 Å². The van der Waals surface area contributed by atoms with E-state index >= 15 is 0 Å². The predicted molar refractivity (Wildman–Crippen MR) is 60.4 cm³/mol. The Morgan fingerprint density at radius 2 is 1.71 bits per heavy atom. The number of hydrogen-bond donors (Lipinski definition) is 0. The summed E-state index contributed by atoms with van der Waals surface area (Å²) in [5, 5.41) is 0. The summed E-state index contributed by atoms with van der Waals surface area (Å²) in [5.74, 6) is 0. The zero-order valence-corrected chi connectivity index (χ0v) is 9.30. The summed E-state index contributed by atoms with van der Waals surface area (Å²) in [6.45, 7) is 2.26. The third-order valence-corrected chi connectivity index (χ3v) is 2.65. The highest BCUT2D eigenvalue weighted by atomic mass is 16.3. The lowest BCUT2D eigenvalue weighted by Gasteiger charge is -1.99. The lowest BCUT2D eigenvalue weighted by atomic mass is 10.1. The van der Waals surface area contributed by atoms with Gasteiger partial charge in [-0.1, -0.05) is 45.4 Å². The first kappa shape index (κ1) is 11.4. The molecule has 0 unspecified atom stereocenters. The summed E-state index contributed by atoms with van der Waals surface area (Å²) >= 11 is 0. The van der Waals surface area contributed by atoms with Gasteiger partial charge in [-0.2, -0.15) is 0 Å². The third-order valence-electron chi connectivity index (χ3n) is 2.65. The Bertz CT molecular complexity index is 201. The number of aryl methyl sites for hydroxylation is 1. The van der Waals surface area contributed by atoms with E-state index in [-0.39, 0.29) is 0 Å². The summed E-state index contributed by atoms with van der Waals surface area (Å²) < 4.78 is 5.02. The third kappa shape index (κ3) is 5.11. The van der Waals surface area contributed by atoms with Crippen molar-refractivity contribution in [2.75, 3.05) is 0 Å². The average Bonchev–Trinajstić information content (AvgIpc) is 2.69. The van der Waals surface area contributed by atoms with Gasteiger partial charge in [0, 0.05) is 0 Å². The first-order valence-electron chi connectivity index (χ1n) is 5.94. The largest absolute Gasteiger partial charge is 0.472 e. The van der Waals surface area contributed by atoms with E-state index in [9.17, 15) is 0 Å². The first-order valence-corrected chi connectivity index (χ1v) is 5.94. The minimum atomic E-state index is 1.18. The number of hydrogen-bond acceptors (Lipinski definition) is 1. The summed E-state index contributed by atoms with van der Waals surface area (Å²) in [5.41, 5.74) is 1.35. The maximum absolute atomic E-state index is 5.02. The highest BCUT2D eigenvalue weighted by molar-refractivity contribution is 5.04. The monoisotopic (exact) mass is 194 g/mol. The summed E-state index contributed by atoms with van der Waals surface area (Å²) in [6.07, 6.45) is 14.5. The van der Waals surface area contributed by atoms with Gasteiger partial charge in [0.05, 0.1) is 12.5 Å². The van der Waals surface area contributed by atoms with Crippen molar-refractivity contribution in [1.29, 1.82) is 0 Å². The number of rotatable bonds is 8. The molecule has 0 aromatic carbocycles. The van der Waals surface area contributed by atoms with Crippen molar-refractivity contribution >= 4 is 0 Å². The van der Waals surface area contributed by atoms with Gasteiger partial charge in [0.1, 0.15) is 0 Å². The molecule has 1 rings (SSSR count). The van der Waals surface area contributed by atoms with Crippen molar-refractivity contribution in [3.63, 3.8) is 0 Å². The fourth-order valence-electron chi connectivity index (χ4n) is 1.72. The highest BCUT2D eigenvalue weighted by Crippen LogP contribution is 2.10. The van der Waals surface area contributed by atoms with Crippen molar-refractivity contribution in [2.45, 2.75) is 58.3 Å². The molecule has 0 aliphatic rings. The molecule has 0 aliphatic carbocycles. The molecule has 1 aromatic rings. The Morgan fingerprint density at radius 3 is 2.36 bits per heavy atom. The molecule has 0 amide bonds. The van der Waals surface area contributed by atoms with Crippen LogP contribution in [0.4, 0.5) is 0 Å². The van der Waals surface area contributed by atoms with E-state index in [2.05, 4.69) is 13.0 Å². The van der Waals surface area contributed by atoms with E-state index in [1.165, 1.54) is 56.9 Å². The summed E-state index contributed by atoms with van der Waals surface area (Å²) in [4.78, 5) is 0. The van der Waals surface area contributed by atoms with Gasteiger partial charge in [-0.05, 0) is 24.5 Å². The second kappa shape index (κ2) is 7.66. The highest BCUT2D eigenvalue weighted by Gasteiger charge is 1.94. The molecule has 0 spiro atoms. The Hall–Kier alpha value is -0.720. The molecule has 0 atom stereocenters. The maximum atomic E-state index is 5.02. The number of furan rings is 1. The van der Waals surface area contributed by atoms with Crippen LogP contribution in [0.25, 0.3) is 0 Å². The molecule has 14 heavy (non-hydrogen) atoms. The van der Waals surface area contributed by atoms with Gasteiger partial charge in [0.25, 0.3) is 0 Å². The van der Waals surface area contributed by atoms with Crippen molar-refractivity contribution in [1.82, 2.24) is 0 Å². The standard InChI is InChI=1S/C13H22O/c1-2-3-4-5-6-7-8-9-13-10-11-14-12-13/h10-12H,2-9H2,1H3. The zero-order chi connectivity index (χ0) is 10.1. The Labute approximate surface area is 87.5 Å². The molecule has 0 radical (unpaired) electrons. The molecule has 80 valence electrons. The molecule has 0 N–H and O–H groups in total. The number of unbranched alkanes of at least 4 members (excludes halogenated alkanes) is 6. The van der Waals surface area contributed by atoms with Crippen LogP contribution in [0.2, 0.25) is 0 Å². The Kier molecular flexibility index (Phi) is 6.21. The van der Waals surface area contributed by atoms with Gasteiger partial charge in [0.2, 0.25) is 0 Å². The minimum Gasteiger partial charge on any atom is -0.472 e. The van der Waals surface area contributed by atoms with Gasteiger partial charge in [-0.25, -0.2) is 0 Å². The molecule has 1 heterocycles. The molecule has 1 aromatic heterocycles. The smallest absolute Gasteiger partial charge is 0.0934 e. The lowest BCUT2D eigenvalue weighted by molar-refractivity contribution is 0.559. The van der Waals surface area contributed by atoms with Crippen molar-refractivity contribution in [3.05, 3.63) is 24.2 Å². The van der Waals surface area contributed by atoms with Gasteiger partial charge < -0.3 is 4.42 Å². The van der Waals surface area contributed by atoms with E-state index < -0.39 is 0 Å². The molecule has 0 saturated carbocycles. The van der Waals surface area contributed by atoms with E-state index in [0.29, 0.717) is 0 Å². The fraction of sp³-hybridized carbons (Fsp3) is 0.692. The second-order valence-corrected chi connectivity index (χ2v) is 4.00. The van der Waals surface area contributed by atoms with Crippen LogP contribution in [-0.2, 0) is 6.42 Å². The van der Waals surface area contributed by atoms with Crippen molar-refractivity contribution < 1.29 is 4.42 Å². The van der Waals surface area contributed by atoms with Gasteiger partial charge in [-0.3, -0.25) is 0 Å². The van der Waals surface area contributed by atoms with E-state index in [1.54, 1.807) is 6.26 Å². The van der Waals surface area contributed by atoms with Crippen LogP contribution in [0, 0.1) is 0 Å². The average molecular weight is 194 g/mol. The van der Waals surface area contributed by atoms with Crippen LogP contribution in [0.5, 0.6) is 0 Å². The van der Waals surface area contributed by atoms with Crippen molar-refractivity contribution in [2.24, 2.45) is 0 Å². The minimum absolute atomic E-state index is 1.18. The SMILES string of the molecule is CCCCCCCCCc1ccoc1. The van der Waals surface area contributed by atoms with E-state index in [0.717, 1.165) is 0 Å². The van der Waals surface area contributed by atoms with Gasteiger partial charge >= 0.3 is 0 Å². The first-order chi connectivity index (χ1) is 6.93. The molecular weight excluding hydrogens is 172 g/mol. The van der Waals surface area contributed by atoms with Gasteiger partial charge in [0.15, 0.2) is 0 Å². The van der Waals surface area contributed by atoms with E-state index in [1.807, 2.05) is 6.26 Å². The molecular formula is C13H22O. The molecule has 1 nitrogen and oxygen atoms in total. The molecule has 1 heteroatoms. The van der Waals surface area contributed by atoms with Crippen LogP contribution in [0.1, 0.15) is 57.4 Å². The molecule has 0 fully saturated rings. The molecule has 0 aliphatic heterocycles. The summed E-state index contributed by atoms with van der Waals surface area (Å²) in [7, 11) is 0. The zero-order valence-electron chi connectivity index (χ0n) is 9.30. The topological polar surface area (TPSA) is 13.1 Å². The second-order valence-electron chi connectivity index (χ2n) is 4.00. The van der Waals surface area contributed by atoms with Crippen LogP contribution in [0.15, 0.2) is 23.0 Å². The lowest BCUT2D eigenvalue weighted by Crippen LogP contribution is -1.83. The van der Waals surface area contributed by atoms with Crippen molar-refractivity contribution in [3.8, 4) is 0 Å². The molecule has 0 saturated heterocycles. The predicted octanol–water partition coefficient (Wildman–Crippen LogP) is 4.57. The quantitative estimate of drug-likeness (QED) is 0.552. The van der Waals surface area contributed by atoms with Crippen LogP contribution >= 0.6 is 0 Å². The van der Waals surface area contributed by atoms with Gasteiger partial charge in [-0.15, -0.1) is 0 Å². The maximum Gasteiger partial charge on any atom is 0.0934 e. The fourth-order valence-corrected chi connectivity index (χ4v) is 1.72. The Morgan fingerprint density at radius 1 is 1.00 bits per heavy atom. The normalized spacial score (nSPS) is 10.6. The molecule has 0 bridgehead atoms.